The maximum absolute atomic E-state index is 13.5. The Kier molecular flexibility index (Phi) is 8.15. The summed E-state index contributed by atoms with van der Waals surface area (Å²) in [6.45, 7) is 7.40. The Morgan fingerprint density at radius 3 is 2.27 bits per heavy atom. The number of sulfonamides is 1. The number of hydrogen-bond donors (Lipinski definition) is 1. The van der Waals surface area contributed by atoms with Crippen LogP contribution in [0.4, 0.5) is 11.4 Å². The van der Waals surface area contributed by atoms with Crippen LogP contribution in [-0.4, -0.2) is 36.6 Å². The highest BCUT2D eigenvalue weighted by molar-refractivity contribution is 7.92. The molecule has 0 unspecified atom stereocenters. The molecule has 0 radical (unpaired) electrons. The average Bonchev–Trinajstić information content (AvgIpc) is 3.20. The number of non-ortho nitro benzene ring substituents is 1. The molecule has 0 aliphatic rings. The Hall–Kier alpha value is -4.77. The predicted molar refractivity (Wildman–Crippen MR) is 155 cm³/mol. The number of nitro benzene ring substituents is 1. The molecule has 1 N–H and O–H groups in total. The second-order valence-corrected chi connectivity index (χ2v) is 11.2. The van der Waals surface area contributed by atoms with Gasteiger partial charge < -0.3 is 4.57 Å². The number of aromatic nitrogens is 1. The maximum atomic E-state index is 13.5. The third-order valence-electron chi connectivity index (χ3n) is 6.47. The molecule has 4 aromatic rings. The van der Waals surface area contributed by atoms with Crippen molar-refractivity contribution in [1.82, 2.24) is 9.99 Å². The number of benzene rings is 3. The van der Waals surface area contributed by atoms with Gasteiger partial charge in [-0.1, -0.05) is 42.5 Å². The van der Waals surface area contributed by atoms with Crippen molar-refractivity contribution in [2.75, 3.05) is 10.8 Å². The van der Waals surface area contributed by atoms with Gasteiger partial charge in [0.2, 0.25) is 0 Å². The SMILES string of the molecule is Cc1cccc(C)c1-n1c(C)cc(C=NNC(=O)CN(c2cccc([N+](=O)[O-])c2)S(=O)(=O)c2ccccc2)c1C. The molecule has 1 amide bonds. The standard InChI is InChI=1S/C29H29N5O5S/c1-20-10-8-11-21(2)29(20)33-22(3)16-24(23(33)4)18-30-31-28(35)19-32(25-12-9-13-26(17-25)34(36)37)40(38,39)27-14-6-5-7-15-27/h5-18H,19H2,1-4H3,(H,31,35). The highest BCUT2D eigenvalue weighted by Gasteiger charge is 2.28. The third kappa shape index (κ3) is 5.79. The summed E-state index contributed by atoms with van der Waals surface area (Å²) in [5.74, 6) is -0.717. The number of carbonyl (C=O) groups is 1. The van der Waals surface area contributed by atoms with Crippen molar-refractivity contribution in [1.29, 1.82) is 0 Å². The van der Waals surface area contributed by atoms with Crippen LogP contribution in [0.5, 0.6) is 0 Å². The molecule has 0 aliphatic heterocycles. The molecule has 4 rings (SSSR count). The molecule has 0 fully saturated rings. The zero-order valence-corrected chi connectivity index (χ0v) is 23.3. The zero-order valence-electron chi connectivity index (χ0n) is 22.5. The number of carbonyl (C=O) groups excluding carboxylic acids is 1. The molecule has 1 heterocycles. The van der Waals surface area contributed by atoms with E-state index in [9.17, 15) is 23.3 Å². The van der Waals surface area contributed by atoms with Gasteiger partial charge in [-0.15, -0.1) is 0 Å². The number of amides is 1. The van der Waals surface area contributed by atoms with E-state index in [4.69, 9.17) is 0 Å². The normalized spacial score (nSPS) is 11.5. The lowest BCUT2D eigenvalue weighted by Crippen LogP contribution is -2.39. The van der Waals surface area contributed by atoms with E-state index in [1.165, 1.54) is 36.5 Å². The van der Waals surface area contributed by atoms with Crippen LogP contribution in [0, 0.1) is 37.8 Å². The van der Waals surface area contributed by atoms with Crippen LogP contribution in [-0.2, 0) is 14.8 Å². The van der Waals surface area contributed by atoms with Gasteiger partial charge in [0.25, 0.3) is 21.6 Å². The molecule has 40 heavy (non-hydrogen) atoms. The summed E-state index contributed by atoms with van der Waals surface area (Å²) in [6, 6.07) is 20.7. The summed E-state index contributed by atoms with van der Waals surface area (Å²) in [5.41, 5.74) is 8.11. The highest BCUT2D eigenvalue weighted by atomic mass is 32.2. The molecule has 206 valence electrons. The van der Waals surface area contributed by atoms with Crippen molar-refractivity contribution >= 4 is 33.5 Å². The monoisotopic (exact) mass is 559 g/mol. The lowest BCUT2D eigenvalue weighted by Gasteiger charge is -2.23. The van der Waals surface area contributed by atoms with Crippen LogP contribution in [0.2, 0.25) is 0 Å². The van der Waals surface area contributed by atoms with Gasteiger partial charge in [-0.05, 0) is 63.1 Å². The molecule has 0 saturated carbocycles. The summed E-state index contributed by atoms with van der Waals surface area (Å²) >= 11 is 0. The van der Waals surface area contributed by atoms with Crippen molar-refractivity contribution in [3.05, 3.63) is 117 Å². The number of nitrogens with one attached hydrogen (secondary N) is 1. The minimum absolute atomic E-state index is 0.0191. The van der Waals surface area contributed by atoms with Crippen LogP contribution in [0.1, 0.15) is 28.1 Å². The Balaban J connectivity index is 1.59. The molecule has 0 atom stereocenters. The molecule has 0 saturated heterocycles. The maximum Gasteiger partial charge on any atom is 0.271 e. The minimum atomic E-state index is -4.22. The van der Waals surface area contributed by atoms with E-state index >= 15 is 0 Å². The van der Waals surface area contributed by atoms with Gasteiger partial charge >= 0.3 is 0 Å². The van der Waals surface area contributed by atoms with E-state index in [0.29, 0.717) is 0 Å². The number of rotatable bonds is 9. The molecular weight excluding hydrogens is 530 g/mol. The molecule has 0 aliphatic carbocycles. The Morgan fingerprint density at radius 1 is 0.975 bits per heavy atom. The number of nitro groups is 1. The Bertz CT molecular complexity index is 1690. The van der Waals surface area contributed by atoms with Gasteiger partial charge in [0, 0.05) is 29.1 Å². The number of aryl methyl sites for hydroxylation is 3. The van der Waals surface area contributed by atoms with Crippen molar-refractivity contribution in [3.8, 4) is 5.69 Å². The van der Waals surface area contributed by atoms with E-state index in [2.05, 4.69) is 15.1 Å². The number of nitrogens with zero attached hydrogens (tertiary/aromatic N) is 4. The summed E-state index contributed by atoms with van der Waals surface area (Å²) in [7, 11) is -4.22. The second-order valence-electron chi connectivity index (χ2n) is 9.30. The van der Waals surface area contributed by atoms with Crippen LogP contribution >= 0.6 is 0 Å². The Morgan fingerprint density at radius 2 is 1.62 bits per heavy atom. The zero-order chi connectivity index (χ0) is 29.0. The smallest absolute Gasteiger partial charge is 0.271 e. The molecule has 3 aromatic carbocycles. The molecule has 0 bridgehead atoms. The van der Waals surface area contributed by atoms with E-state index in [1.54, 1.807) is 18.2 Å². The molecule has 10 nitrogen and oxygen atoms in total. The van der Waals surface area contributed by atoms with Crippen LogP contribution in [0.3, 0.4) is 0 Å². The largest absolute Gasteiger partial charge is 0.317 e. The second kappa shape index (κ2) is 11.5. The van der Waals surface area contributed by atoms with Gasteiger partial charge in [-0.2, -0.15) is 5.10 Å². The van der Waals surface area contributed by atoms with Gasteiger partial charge in [0.05, 0.1) is 27.4 Å². The third-order valence-corrected chi connectivity index (χ3v) is 8.26. The van der Waals surface area contributed by atoms with E-state index < -0.39 is 27.4 Å². The minimum Gasteiger partial charge on any atom is -0.317 e. The highest BCUT2D eigenvalue weighted by Crippen LogP contribution is 2.27. The summed E-state index contributed by atoms with van der Waals surface area (Å²) < 4.78 is 29.9. The number of hydrazone groups is 1. The van der Waals surface area contributed by atoms with Crippen molar-refractivity contribution in [3.63, 3.8) is 0 Å². The van der Waals surface area contributed by atoms with Gasteiger partial charge in [-0.25, -0.2) is 13.8 Å². The number of anilines is 1. The first-order chi connectivity index (χ1) is 19.0. The summed E-state index contributed by atoms with van der Waals surface area (Å²) in [4.78, 5) is 23.5. The van der Waals surface area contributed by atoms with Gasteiger partial charge in [-0.3, -0.25) is 19.2 Å². The van der Waals surface area contributed by atoms with E-state index in [-0.39, 0.29) is 16.3 Å². The van der Waals surface area contributed by atoms with Crippen molar-refractivity contribution < 1.29 is 18.1 Å². The fourth-order valence-corrected chi connectivity index (χ4v) is 5.99. The quantitative estimate of drug-likeness (QED) is 0.176. The first-order valence-electron chi connectivity index (χ1n) is 12.4. The lowest BCUT2D eigenvalue weighted by atomic mass is 10.1. The number of para-hydroxylation sites is 1. The van der Waals surface area contributed by atoms with E-state index in [1.807, 2.05) is 52.0 Å². The lowest BCUT2D eigenvalue weighted by molar-refractivity contribution is -0.384. The van der Waals surface area contributed by atoms with Crippen LogP contribution < -0.4 is 9.73 Å². The molecule has 0 spiro atoms. The van der Waals surface area contributed by atoms with Crippen LogP contribution in [0.25, 0.3) is 5.69 Å². The topological polar surface area (TPSA) is 127 Å². The molecule has 11 heteroatoms. The van der Waals surface area contributed by atoms with E-state index in [0.717, 1.165) is 44.1 Å². The first kappa shape index (κ1) is 28.2. The summed E-state index contributed by atoms with van der Waals surface area (Å²) in [6.07, 6.45) is 1.51. The summed E-state index contributed by atoms with van der Waals surface area (Å²) in [5, 5.41) is 15.4. The fraction of sp³-hybridized carbons (Fsp3) is 0.172. The Labute approximate surface area is 232 Å². The fourth-order valence-electron chi connectivity index (χ4n) is 4.56. The van der Waals surface area contributed by atoms with Gasteiger partial charge in [0.15, 0.2) is 0 Å². The van der Waals surface area contributed by atoms with Crippen molar-refractivity contribution in [2.45, 2.75) is 32.6 Å². The molecular formula is C29H29N5O5S. The predicted octanol–water partition coefficient (Wildman–Crippen LogP) is 4.96. The molecule has 1 aromatic heterocycles. The number of hydrogen-bond acceptors (Lipinski definition) is 6. The van der Waals surface area contributed by atoms with Crippen LogP contribution in [0.15, 0.2) is 88.9 Å². The first-order valence-corrected chi connectivity index (χ1v) is 13.8. The van der Waals surface area contributed by atoms with Crippen molar-refractivity contribution in [2.24, 2.45) is 5.10 Å². The van der Waals surface area contributed by atoms with Gasteiger partial charge in [0.1, 0.15) is 6.54 Å². The average molecular weight is 560 g/mol.